The first-order chi connectivity index (χ1) is 10.5. The highest BCUT2D eigenvalue weighted by molar-refractivity contribution is 7.80. The fourth-order valence-corrected chi connectivity index (χ4v) is 2.10. The van der Waals surface area contributed by atoms with E-state index in [4.69, 9.17) is 12.2 Å². The molecule has 0 unspecified atom stereocenters. The highest BCUT2D eigenvalue weighted by atomic mass is 32.1. The Bertz CT molecular complexity index is 701. The molecule has 1 amide bonds. The number of rotatable bonds is 3. The van der Waals surface area contributed by atoms with Crippen LogP contribution in [0.25, 0.3) is 0 Å². The molecule has 4 nitrogen and oxygen atoms in total. The quantitative estimate of drug-likeness (QED) is 0.752. The van der Waals surface area contributed by atoms with Gasteiger partial charge >= 0.3 is 0 Å². The van der Waals surface area contributed by atoms with E-state index in [0.717, 1.165) is 5.69 Å². The molecular weight excluding hydrogens is 301 g/mol. The van der Waals surface area contributed by atoms with E-state index in [2.05, 4.69) is 16.0 Å². The van der Waals surface area contributed by atoms with Crippen molar-refractivity contribution in [1.82, 2.24) is 0 Å². The van der Waals surface area contributed by atoms with Crippen LogP contribution in [0.3, 0.4) is 0 Å². The van der Waals surface area contributed by atoms with Crippen molar-refractivity contribution >= 4 is 40.3 Å². The summed E-state index contributed by atoms with van der Waals surface area (Å²) in [5.41, 5.74) is 2.60. The third kappa shape index (κ3) is 4.26. The second-order valence-electron chi connectivity index (χ2n) is 4.75. The molecule has 0 aliphatic heterocycles. The molecule has 2 aromatic rings. The SMILES string of the molecule is CC(=O)Nc1ccc(NC(=S)Nc2cccc(F)c2C)cc1. The second kappa shape index (κ2) is 7.00. The minimum absolute atomic E-state index is 0.125. The maximum Gasteiger partial charge on any atom is 0.221 e. The van der Waals surface area contributed by atoms with E-state index >= 15 is 0 Å². The normalized spacial score (nSPS) is 9.95. The van der Waals surface area contributed by atoms with Gasteiger partial charge in [-0.3, -0.25) is 4.79 Å². The van der Waals surface area contributed by atoms with Crippen LogP contribution in [0, 0.1) is 12.7 Å². The number of hydrogen-bond acceptors (Lipinski definition) is 2. The second-order valence-corrected chi connectivity index (χ2v) is 5.16. The predicted octanol–water partition coefficient (Wildman–Crippen LogP) is 3.90. The van der Waals surface area contributed by atoms with Crippen LogP contribution in [-0.2, 0) is 4.79 Å². The van der Waals surface area contributed by atoms with Gasteiger partial charge in [-0.05, 0) is 55.5 Å². The Morgan fingerprint density at radius 2 is 1.59 bits per heavy atom. The van der Waals surface area contributed by atoms with Gasteiger partial charge in [0.1, 0.15) is 5.82 Å². The number of anilines is 3. The number of nitrogens with one attached hydrogen (secondary N) is 3. The standard InChI is InChI=1S/C16H16FN3OS/c1-10-14(17)4-3-5-15(10)20-16(22)19-13-8-6-12(7-9-13)18-11(2)21/h3-9H,1-2H3,(H,18,21)(H2,19,20,22). The van der Waals surface area contributed by atoms with Crippen LogP contribution in [0.2, 0.25) is 0 Å². The maximum atomic E-state index is 13.5. The monoisotopic (exact) mass is 317 g/mol. The zero-order valence-corrected chi connectivity index (χ0v) is 13.1. The van der Waals surface area contributed by atoms with Gasteiger partial charge in [0.05, 0.1) is 0 Å². The van der Waals surface area contributed by atoms with Gasteiger partial charge in [0, 0.05) is 29.5 Å². The molecule has 6 heteroatoms. The van der Waals surface area contributed by atoms with Gasteiger partial charge in [0.15, 0.2) is 5.11 Å². The maximum absolute atomic E-state index is 13.5. The molecule has 0 radical (unpaired) electrons. The fraction of sp³-hybridized carbons (Fsp3) is 0.125. The number of carbonyl (C=O) groups is 1. The van der Waals surface area contributed by atoms with Crippen molar-refractivity contribution in [3.63, 3.8) is 0 Å². The van der Waals surface area contributed by atoms with Gasteiger partial charge in [-0.1, -0.05) is 6.07 Å². The molecule has 0 aromatic heterocycles. The molecule has 0 fully saturated rings. The van der Waals surface area contributed by atoms with Gasteiger partial charge in [-0.15, -0.1) is 0 Å². The molecule has 0 saturated heterocycles. The zero-order valence-electron chi connectivity index (χ0n) is 12.2. The van der Waals surface area contributed by atoms with Crippen LogP contribution < -0.4 is 16.0 Å². The largest absolute Gasteiger partial charge is 0.332 e. The minimum Gasteiger partial charge on any atom is -0.332 e. The fourth-order valence-electron chi connectivity index (χ4n) is 1.87. The summed E-state index contributed by atoms with van der Waals surface area (Å²) in [4.78, 5) is 11.0. The van der Waals surface area contributed by atoms with Crippen molar-refractivity contribution in [3.05, 3.63) is 53.8 Å². The van der Waals surface area contributed by atoms with Crippen LogP contribution in [0.1, 0.15) is 12.5 Å². The van der Waals surface area contributed by atoms with E-state index in [1.54, 1.807) is 43.3 Å². The average Bonchev–Trinajstić information content (AvgIpc) is 2.45. The average molecular weight is 317 g/mol. The van der Waals surface area contributed by atoms with E-state index in [1.807, 2.05) is 0 Å². The zero-order chi connectivity index (χ0) is 16.1. The molecule has 0 aliphatic carbocycles. The number of benzene rings is 2. The van der Waals surface area contributed by atoms with Crippen molar-refractivity contribution in [2.75, 3.05) is 16.0 Å². The topological polar surface area (TPSA) is 53.2 Å². The lowest BCUT2D eigenvalue weighted by atomic mass is 10.2. The molecule has 0 heterocycles. The summed E-state index contributed by atoms with van der Waals surface area (Å²) < 4.78 is 13.5. The van der Waals surface area contributed by atoms with Gasteiger partial charge in [-0.25, -0.2) is 4.39 Å². The summed E-state index contributed by atoms with van der Waals surface area (Å²) in [5.74, 6) is -0.410. The summed E-state index contributed by atoms with van der Waals surface area (Å²) in [6.45, 7) is 3.13. The van der Waals surface area contributed by atoms with E-state index < -0.39 is 0 Å². The molecule has 114 valence electrons. The van der Waals surface area contributed by atoms with Crippen molar-refractivity contribution < 1.29 is 9.18 Å². The minimum atomic E-state index is -0.285. The number of halogens is 1. The van der Waals surface area contributed by atoms with Crippen molar-refractivity contribution in [1.29, 1.82) is 0 Å². The first kappa shape index (κ1) is 15.9. The van der Waals surface area contributed by atoms with Gasteiger partial charge in [0.2, 0.25) is 5.91 Å². The van der Waals surface area contributed by atoms with E-state index in [9.17, 15) is 9.18 Å². The Morgan fingerprint density at radius 1 is 1.00 bits per heavy atom. The lowest BCUT2D eigenvalue weighted by molar-refractivity contribution is -0.114. The van der Waals surface area contributed by atoms with E-state index in [1.165, 1.54) is 13.0 Å². The molecule has 0 saturated carbocycles. The summed E-state index contributed by atoms with van der Waals surface area (Å²) in [6.07, 6.45) is 0. The Hall–Kier alpha value is -2.47. The molecule has 0 atom stereocenters. The first-order valence-corrected chi connectivity index (χ1v) is 7.07. The molecule has 0 aliphatic rings. The molecule has 2 aromatic carbocycles. The van der Waals surface area contributed by atoms with Gasteiger partial charge in [0.25, 0.3) is 0 Å². The number of amides is 1. The Labute approximate surface area is 133 Å². The van der Waals surface area contributed by atoms with Crippen molar-refractivity contribution in [2.45, 2.75) is 13.8 Å². The lowest BCUT2D eigenvalue weighted by Crippen LogP contribution is -2.19. The molecule has 0 spiro atoms. The number of hydrogen-bond donors (Lipinski definition) is 3. The molecule has 2 rings (SSSR count). The third-order valence-electron chi connectivity index (χ3n) is 2.98. The van der Waals surface area contributed by atoms with Crippen LogP contribution in [0.5, 0.6) is 0 Å². The Kier molecular flexibility index (Phi) is 5.06. The van der Waals surface area contributed by atoms with Crippen LogP contribution in [0.4, 0.5) is 21.5 Å². The summed E-state index contributed by atoms with van der Waals surface area (Å²) in [6, 6.07) is 11.9. The Morgan fingerprint density at radius 3 is 2.18 bits per heavy atom. The van der Waals surface area contributed by atoms with Crippen molar-refractivity contribution in [3.8, 4) is 0 Å². The van der Waals surface area contributed by atoms with Crippen LogP contribution >= 0.6 is 12.2 Å². The smallest absolute Gasteiger partial charge is 0.221 e. The summed E-state index contributed by atoms with van der Waals surface area (Å²) in [5, 5.41) is 9.00. The number of thiocarbonyl (C=S) groups is 1. The molecule has 0 bridgehead atoms. The summed E-state index contributed by atoms with van der Waals surface area (Å²) >= 11 is 5.21. The molecule has 3 N–H and O–H groups in total. The van der Waals surface area contributed by atoms with E-state index in [0.29, 0.717) is 22.1 Å². The van der Waals surface area contributed by atoms with Crippen LogP contribution in [0.15, 0.2) is 42.5 Å². The molecule has 22 heavy (non-hydrogen) atoms. The summed E-state index contributed by atoms with van der Waals surface area (Å²) in [7, 11) is 0. The van der Waals surface area contributed by atoms with Gasteiger partial charge in [-0.2, -0.15) is 0 Å². The predicted molar refractivity (Wildman–Crippen MR) is 91.7 cm³/mol. The third-order valence-corrected chi connectivity index (χ3v) is 3.18. The van der Waals surface area contributed by atoms with Gasteiger partial charge < -0.3 is 16.0 Å². The first-order valence-electron chi connectivity index (χ1n) is 6.66. The lowest BCUT2D eigenvalue weighted by Gasteiger charge is -2.13. The number of carbonyl (C=O) groups excluding carboxylic acids is 1. The van der Waals surface area contributed by atoms with Crippen molar-refractivity contribution in [2.24, 2.45) is 0 Å². The van der Waals surface area contributed by atoms with Crippen LogP contribution in [-0.4, -0.2) is 11.0 Å². The highest BCUT2D eigenvalue weighted by Gasteiger charge is 2.05. The Balaban J connectivity index is 2.00. The van der Waals surface area contributed by atoms with E-state index in [-0.39, 0.29) is 11.7 Å². The molecular formula is C16H16FN3OS. The highest BCUT2D eigenvalue weighted by Crippen LogP contribution is 2.18.